The van der Waals surface area contributed by atoms with Gasteiger partial charge in [-0.3, -0.25) is 4.79 Å². The lowest BCUT2D eigenvalue weighted by Gasteiger charge is -2.22. The second-order valence-corrected chi connectivity index (χ2v) is 5.52. The number of amides is 1. The third-order valence-electron chi connectivity index (χ3n) is 3.17. The van der Waals surface area contributed by atoms with Crippen LogP contribution < -0.4 is 15.2 Å². The molecule has 0 bridgehead atoms. The Labute approximate surface area is 127 Å². The van der Waals surface area contributed by atoms with Gasteiger partial charge in [0.25, 0.3) is 0 Å². The SMILES string of the molecule is COc1ccc(OCCN(C)C(=O)[C@@H](N)CC(C)C)cc1. The van der Waals surface area contributed by atoms with Crippen LogP contribution in [0.3, 0.4) is 0 Å². The molecule has 0 radical (unpaired) electrons. The molecule has 5 nitrogen and oxygen atoms in total. The molecule has 0 heterocycles. The van der Waals surface area contributed by atoms with Crippen LogP contribution in [0.2, 0.25) is 0 Å². The zero-order chi connectivity index (χ0) is 15.8. The van der Waals surface area contributed by atoms with E-state index in [0.717, 1.165) is 11.5 Å². The fourth-order valence-corrected chi connectivity index (χ4v) is 1.97. The first-order chi connectivity index (χ1) is 9.93. The topological polar surface area (TPSA) is 64.8 Å². The summed E-state index contributed by atoms with van der Waals surface area (Å²) in [5.41, 5.74) is 5.89. The molecule has 5 heteroatoms. The van der Waals surface area contributed by atoms with Crippen molar-refractivity contribution in [1.29, 1.82) is 0 Å². The molecule has 0 unspecified atom stereocenters. The number of ether oxygens (including phenoxy) is 2. The summed E-state index contributed by atoms with van der Waals surface area (Å²) in [6.07, 6.45) is 0.697. The van der Waals surface area contributed by atoms with E-state index in [1.807, 2.05) is 24.3 Å². The van der Waals surface area contributed by atoms with Crippen LogP contribution in [-0.4, -0.2) is 44.2 Å². The number of carbonyl (C=O) groups is 1. The van der Waals surface area contributed by atoms with Gasteiger partial charge in [-0.05, 0) is 36.6 Å². The monoisotopic (exact) mass is 294 g/mol. The van der Waals surface area contributed by atoms with Gasteiger partial charge in [-0.1, -0.05) is 13.8 Å². The van der Waals surface area contributed by atoms with E-state index in [-0.39, 0.29) is 5.91 Å². The lowest BCUT2D eigenvalue weighted by atomic mass is 10.0. The molecule has 0 spiro atoms. The first-order valence-corrected chi connectivity index (χ1v) is 7.21. The van der Waals surface area contributed by atoms with E-state index in [0.29, 0.717) is 25.5 Å². The lowest BCUT2D eigenvalue weighted by Crippen LogP contribution is -2.43. The molecular weight excluding hydrogens is 268 g/mol. The lowest BCUT2D eigenvalue weighted by molar-refractivity contribution is -0.131. The predicted molar refractivity (Wildman–Crippen MR) is 83.6 cm³/mol. The molecule has 0 aromatic heterocycles. The molecule has 1 aromatic rings. The second-order valence-electron chi connectivity index (χ2n) is 5.52. The summed E-state index contributed by atoms with van der Waals surface area (Å²) in [4.78, 5) is 13.7. The zero-order valence-electron chi connectivity index (χ0n) is 13.3. The van der Waals surface area contributed by atoms with Crippen molar-refractivity contribution in [2.45, 2.75) is 26.3 Å². The normalized spacial score (nSPS) is 12.1. The third-order valence-corrected chi connectivity index (χ3v) is 3.17. The van der Waals surface area contributed by atoms with Crippen molar-refractivity contribution in [3.63, 3.8) is 0 Å². The minimum absolute atomic E-state index is 0.0398. The van der Waals surface area contributed by atoms with Crippen molar-refractivity contribution in [1.82, 2.24) is 4.90 Å². The van der Waals surface area contributed by atoms with Crippen LogP contribution in [-0.2, 0) is 4.79 Å². The number of methoxy groups -OCH3 is 1. The summed E-state index contributed by atoms with van der Waals surface area (Å²) in [6, 6.07) is 6.91. The third kappa shape index (κ3) is 6.04. The van der Waals surface area contributed by atoms with Gasteiger partial charge in [0, 0.05) is 7.05 Å². The van der Waals surface area contributed by atoms with E-state index >= 15 is 0 Å². The fraction of sp³-hybridized carbons (Fsp3) is 0.562. The van der Waals surface area contributed by atoms with E-state index in [4.69, 9.17) is 15.2 Å². The Morgan fingerprint density at radius 1 is 1.24 bits per heavy atom. The minimum atomic E-state index is -0.434. The number of likely N-dealkylation sites (N-methyl/N-ethyl adjacent to an activating group) is 1. The first-order valence-electron chi connectivity index (χ1n) is 7.21. The molecule has 0 aliphatic rings. The number of carbonyl (C=O) groups excluding carboxylic acids is 1. The van der Waals surface area contributed by atoms with Gasteiger partial charge in [-0.25, -0.2) is 0 Å². The van der Waals surface area contributed by atoms with Gasteiger partial charge in [0.05, 0.1) is 19.7 Å². The Morgan fingerprint density at radius 2 is 1.81 bits per heavy atom. The van der Waals surface area contributed by atoms with Crippen LogP contribution in [0.15, 0.2) is 24.3 Å². The molecular formula is C16H26N2O3. The molecule has 0 aliphatic heterocycles. The first kappa shape index (κ1) is 17.3. The van der Waals surface area contributed by atoms with Crippen molar-refractivity contribution < 1.29 is 14.3 Å². The maximum Gasteiger partial charge on any atom is 0.239 e. The van der Waals surface area contributed by atoms with Crippen molar-refractivity contribution >= 4 is 5.91 Å². The van der Waals surface area contributed by atoms with Gasteiger partial charge >= 0.3 is 0 Å². The van der Waals surface area contributed by atoms with Gasteiger partial charge in [0.15, 0.2) is 0 Å². The zero-order valence-corrected chi connectivity index (χ0v) is 13.3. The number of nitrogens with two attached hydrogens (primary N) is 1. The largest absolute Gasteiger partial charge is 0.497 e. The van der Waals surface area contributed by atoms with E-state index in [9.17, 15) is 4.79 Å². The van der Waals surface area contributed by atoms with Crippen LogP contribution >= 0.6 is 0 Å². The van der Waals surface area contributed by atoms with Crippen LogP contribution in [0.25, 0.3) is 0 Å². The number of hydrogen-bond acceptors (Lipinski definition) is 4. The molecule has 118 valence electrons. The number of hydrogen-bond donors (Lipinski definition) is 1. The van der Waals surface area contributed by atoms with Gasteiger partial charge in [-0.2, -0.15) is 0 Å². The van der Waals surface area contributed by atoms with Crippen molar-refractivity contribution in [3.05, 3.63) is 24.3 Å². The summed E-state index contributed by atoms with van der Waals surface area (Å²) >= 11 is 0. The molecule has 1 rings (SSSR count). The van der Waals surface area contributed by atoms with Crippen molar-refractivity contribution in [3.8, 4) is 11.5 Å². The number of nitrogens with zero attached hydrogens (tertiary/aromatic N) is 1. The Balaban J connectivity index is 2.35. The average Bonchev–Trinajstić information content (AvgIpc) is 2.46. The molecule has 1 amide bonds. The van der Waals surface area contributed by atoms with Crippen LogP contribution in [0, 0.1) is 5.92 Å². The second kappa shape index (κ2) is 8.52. The average molecular weight is 294 g/mol. The Hall–Kier alpha value is -1.75. The highest BCUT2D eigenvalue weighted by molar-refractivity contribution is 5.81. The Bertz CT molecular complexity index is 432. The summed E-state index contributed by atoms with van der Waals surface area (Å²) in [5.74, 6) is 1.91. The standard InChI is InChI=1S/C16H26N2O3/c1-12(2)11-15(17)16(19)18(3)9-10-21-14-7-5-13(20-4)6-8-14/h5-8,12,15H,9-11,17H2,1-4H3/t15-/m0/s1. The van der Waals surface area contributed by atoms with Gasteiger partial charge in [0.2, 0.25) is 5.91 Å². The number of rotatable bonds is 8. The molecule has 0 saturated carbocycles. The van der Waals surface area contributed by atoms with E-state index in [1.165, 1.54) is 0 Å². The summed E-state index contributed by atoms with van der Waals surface area (Å²) in [5, 5.41) is 0. The predicted octanol–water partition coefficient (Wildman–Crippen LogP) is 1.91. The smallest absolute Gasteiger partial charge is 0.239 e. The number of benzene rings is 1. The van der Waals surface area contributed by atoms with E-state index < -0.39 is 6.04 Å². The van der Waals surface area contributed by atoms with Crippen LogP contribution in [0.1, 0.15) is 20.3 Å². The summed E-state index contributed by atoms with van der Waals surface area (Å²) in [6.45, 7) is 5.06. The quantitative estimate of drug-likeness (QED) is 0.795. The van der Waals surface area contributed by atoms with Gasteiger partial charge in [0.1, 0.15) is 18.1 Å². The van der Waals surface area contributed by atoms with Crippen molar-refractivity contribution in [2.75, 3.05) is 27.3 Å². The van der Waals surface area contributed by atoms with Gasteiger partial charge in [-0.15, -0.1) is 0 Å². The molecule has 0 aliphatic carbocycles. The molecule has 0 saturated heterocycles. The Kier molecular flexibility index (Phi) is 7.02. The molecule has 2 N–H and O–H groups in total. The van der Waals surface area contributed by atoms with E-state index in [1.54, 1.807) is 19.1 Å². The Morgan fingerprint density at radius 3 is 2.33 bits per heavy atom. The van der Waals surface area contributed by atoms with Crippen LogP contribution in [0.4, 0.5) is 0 Å². The highest BCUT2D eigenvalue weighted by Gasteiger charge is 2.18. The highest BCUT2D eigenvalue weighted by atomic mass is 16.5. The summed E-state index contributed by atoms with van der Waals surface area (Å²) in [7, 11) is 3.37. The maximum atomic E-state index is 12.0. The molecule has 21 heavy (non-hydrogen) atoms. The summed E-state index contributed by atoms with van der Waals surface area (Å²) < 4.78 is 10.7. The molecule has 0 fully saturated rings. The fourth-order valence-electron chi connectivity index (χ4n) is 1.97. The molecule has 1 aromatic carbocycles. The van der Waals surface area contributed by atoms with Crippen LogP contribution in [0.5, 0.6) is 11.5 Å². The van der Waals surface area contributed by atoms with Gasteiger partial charge < -0.3 is 20.1 Å². The molecule has 1 atom stereocenters. The maximum absolute atomic E-state index is 12.0. The van der Waals surface area contributed by atoms with E-state index in [2.05, 4.69) is 13.8 Å². The van der Waals surface area contributed by atoms with Crippen molar-refractivity contribution in [2.24, 2.45) is 11.7 Å². The minimum Gasteiger partial charge on any atom is -0.497 e. The highest BCUT2D eigenvalue weighted by Crippen LogP contribution is 2.16.